The number of rotatable bonds is 3. The smallest absolute Gasteiger partial charge is 0.146 e. The molecule has 0 aromatic heterocycles. The van der Waals surface area contributed by atoms with Crippen LogP contribution in [0.15, 0.2) is 18.2 Å². The number of nitrogens with two attached hydrogens (primary N) is 1. The second-order valence-electron chi connectivity index (χ2n) is 4.95. The van der Waals surface area contributed by atoms with E-state index in [1.807, 2.05) is 6.07 Å². The number of para-hydroxylation sites is 1. The standard InChI is InChI=1S/C13H20FN3/c1-16(2)11-6-7-17(9-11)8-10-4-3-5-12(14)13(10)15/h3-5,11H,6-9,15H2,1-2H3/t11-/m0/s1. The highest BCUT2D eigenvalue weighted by Gasteiger charge is 2.24. The van der Waals surface area contributed by atoms with E-state index in [0.29, 0.717) is 11.7 Å². The third kappa shape index (κ3) is 2.76. The molecule has 0 unspecified atom stereocenters. The molecule has 0 radical (unpaired) electrons. The van der Waals surface area contributed by atoms with Crippen LogP contribution in [0.1, 0.15) is 12.0 Å². The molecule has 3 nitrogen and oxygen atoms in total. The van der Waals surface area contributed by atoms with E-state index in [0.717, 1.165) is 25.2 Å². The number of halogens is 1. The second-order valence-corrected chi connectivity index (χ2v) is 4.95. The SMILES string of the molecule is CN(C)[C@H]1CCN(Cc2cccc(F)c2N)C1. The minimum absolute atomic E-state index is 0.292. The van der Waals surface area contributed by atoms with Gasteiger partial charge in [0.05, 0.1) is 5.69 Å². The van der Waals surface area contributed by atoms with Crippen molar-refractivity contribution in [1.29, 1.82) is 0 Å². The lowest BCUT2D eigenvalue weighted by Gasteiger charge is -2.20. The molecule has 94 valence electrons. The van der Waals surface area contributed by atoms with E-state index in [4.69, 9.17) is 5.73 Å². The molecule has 1 aliphatic rings. The van der Waals surface area contributed by atoms with Crippen molar-refractivity contribution in [2.45, 2.75) is 19.0 Å². The largest absolute Gasteiger partial charge is 0.396 e. The Balaban J connectivity index is 2.00. The highest BCUT2D eigenvalue weighted by molar-refractivity contribution is 5.47. The molecule has 2 N–H and O–H groups in total. The zero-order chi connectivity index (χ0) is 12.4. The number of hydrogen-bond donors (Lipinski definition) is 1. The summed E-state index contributed by atoms with van der Waals surface area (Å²) in [4.78, 5) is 4.57. The van der Waals surface area contributed by atoms with Gasteiger partial charge in [-0.15, -0.1) is 0 Å². The molecule has 1 heterocycles. The van der Waals surface area contributed by atoms with Crippen molar-refractivity contribution < 1.29 is 4.39 Å². The Kier molecular flexibility index (Phi) is 3.64. The molecule has 0 aliphatic carbocycles. The summed E-state index contributed by atoms with van der Waals surface area (Å²) < 4.78 is 13.3. The van der Waals surface area contributed by atoms with E-state index in [9.17, 15) is 4.39 Å². The van der Waals surface area contributed by atoms with Crippen LogP contribution in [0.3, 0.4) is 0 Å². The lowest BCUT2D eigenvalue weighted by molar-refractivity contribution is 0.265. The summed E-state index contributed by atoms with van der Waals surface area (Å²) in [6.07, 6.45) is 1.17. The highest BCUT2D eigenvalue weighted by atomic mass is 19.1. The van der Waals surface area contributed by atoms with Gasteiger partial charge in [-0.3, -0.25) is 4.90 Å². The summed E-state index contributed by atoms with van der Waals surface area (Å²) in [7, 11) is 4.20. The lowest BCUT2D eigenvalue weighted by Crippen LogP contribution is -2.31. The first kappa shape index (κ1) is 12.3. The van der Waals surface area contributed by atoms with Gasteiger partial charge in [-0.25, -0.2) is 4.39 Å². The molecule has 1 saturated heterocycles. The molecule has 1 aromatic carbocycles. The predicted octanol–water partition coefficient (Wildman–Crippen LogP) is 1.54. The maximum Gasteiger partial charge on any atom is 0.146 e. The zero-order valence-electron chi connectivity index (χ0n) is 10.5. The van der Waals surface area contributed by atoms with Gasteiger partial charge in [0, 0.05) is 25.7 Å². The monoisotopic (exact) mass is 237 g/mol. The molecule has 0 amide bonds. The summed E-state index contributed by atoms with van der Waals surface area (Å²) in [5.74, 6) is -0.314. The summed E-state index contributed by atoms with van der Waals surface area (Å²) >= 11 is 0. The quantitative estimate of drug-likeness (QED) is 0.809. The average Bonchev–Trinajstić information content (AvgIpc) is 2.73. The van der Waals surface area contributed by atoms with Crippen LogP contribution >= 0.6 is 0 Å². The van der Waals surface area contributed by atoms with Crippen LogP contribution in [0, 0.1) is 5.82 Å². The van der Waals surface area contributed by atoms with Crippen molar-refractivity contribution in [3.8, 4) is 0 Å². The normalized spacial score (nSPS) is 21.3. The minimum Gasteiger partial charge on any atom is -0.396 e. The minimum atomic E-state index is -0.314. The van der Waals surface area contributed by atoms with E-state index in [1.54, 1.807) is 6.07 Å². The Morgan fingerprint density at radius 3 is 2.88 bits per heavy atom. The molecule has 0 saturated carbocycles. The Morgan fingerprint density at radius 1 is 1.47 bits per heavy atom. The Morgan fingerprint density at radius 2 is 2.24 bits per heavy atom. The van der Waals surface area contributed by atoms with Crippen LogP contribution in [-0.2, 0) is 6.54 Å². The predicted molar refractivity (Wildman–Crippen MR) is 68.2 cm³/mol. The zero-order valence-corrected chi connectivity index (χ0v) is 10.5. The second kappa shape index (κ2) is 5.02. The highest BCUT2D eigenvalue weighted by Crippen LogP contribution is 2.21. The van der Waals surface area contributed by atoms with Crippen molar-refractivity contribution in [1.82, 2.24) is 9.80 Å². The van der Waals surface area contributed by atoms with Crippen LogP contribution in [-0.4, -0.2) is 43.0 Å². The molecule has 4 heteroatoms. The van der Waals surface area contributed by atoms with Gasteiger partial charge >= 0.3 is 0 Å². The Bertz CT molecular complexity index is 392. The van der Waals surface area contributed by atoms with Gasteiger partial charge < -0.3 is 10.6 Å². The van der Waals surface area contributed by atoms with Crippen LogP contribution in [0.25, 0.3) is 0 Å². The van der Waals surface area contributed by atoms with Crippen molar-refractivity contribution in [3.63, 3.8) is 0 Å². The topological polar surface area (TPSA) is 32.5 Å². The Hall–Kier alpha value is -1.13. The number of likely N-dealkylation sites (N-methyl/N-ethyl adjacent to an activating group) is 1. The van der Waals surface area contributed by atoms with Gasteiger partial charge in [0.1, 0.15) is 5.82 Å². The number of anilines is 1. The number of nitrogens with zero attached hydrogens (tertiary/aromatic N) is 2. The van der Waals surface area contributed by atoms with Gasteiger partial charge in [0.2, 0.25) is 0 Å². The maximum absolute atomic E-state index is 13.3. The molecule has 0 bridgehead atoms. The number of likely N-dealkylation sites (tertiary alicyclic amines) is 1. The molecule has 1 aromatic rings. The van der Waals surface area contributed by atoms with Gasteiger partial charge in [-0.05, 0) is 32.1 Å². The van der Waals surface area contributed by atoms with Gasteiger partial charge in [-0.1, -0.05) is 12.1 Å². The van der Waals surface area contributed by atoms with Gasteiger partial charge in [0.15, 0.2) is 0 Å². The van der Waals surface area contributed by atoms with E-state index in [1.165, 1.54) is 12.5 Å². The molecule has 2 rings (SSSR count). The van der Waals surface area contributed by atoms with E-state index >= 15 is 0 Å². The van der Waals surface area contributed by atoms with Crippen molar-refractivity contribution in [2.75, 3.05) is 32.9 Å². The lowest BCUT2D eigenvalue weighted by atomic mass is 10.1. The number of benzene rings is 1. The molecule has 1 aliphatic heterocycles. The Labute approximate surface area is 102 Å². The summed E-state index contributed by atoms with van der Waals surface area (Å²) in [6, 6.07) is 5.64. The first-order chi connectivity index (χ1) is 8.08. The molecule has 0 spiro atoms. The van der Waals surface area contributed by atoms with Crippen LogP contribution < -0.4 is 5.73 Å². The fraction of sp³-hybridized carbons (Fsp3) is 0.538. The van der Waals surface area contributed by atoms with Gasteiger partial charge in [0.25, 0.3) is 0 Å². The molecular weight excluding hydrogens is 217 g/mol. The third-order valence-electron chi connectivity index (χ3n) is 3.51. The third-order valence-corrected chi connectivity index (χ3v) is 3.51. The molecule has 17 heavy (non-hydrogen) atoms. The summed E-state index contributed by atoms with van der Waals surface area (Å²) in [5.41, 5.74) is 6.93. The van der Waals surface area contributed by atoms with Crippen LogP contribution in [0.2, 0.25) is 0 Å². The van der Waals surface area contributed by atoms with Crippen LogP contribution in [0.5, 0.6) is 0 Å². The first-order valence-electron chi connectivity index (χ1n) is 5.99. The van der Waals surface area contributed by atoms with Crippen LogP contribution in [0.4, 0.5) is 10.1 Å². The molecular formula is C13H20FN3. The fourth-order valence-corrected chi connectivity index (χ4v) is 2.34. The summed E-state index contributed by atoms with van der Waals surface area (Å²) in [6.45, 7) is 2.83. The number of nitrogen functional groups attached to an aromatic ring is 1. The maximum atomic E-state index is 13.3. The number of hydrogen-bond acceptors (Lipinski definition) is 3. The molecule has 1 fully saturated rings. The van der Waals surface area contributed by atoms with Gasteiger partial charge in [-0.2, -0.15) is 0 Å². The van der Waals surface area contributed by atoms with Crippen molar-refractivity contribution in [2.24, 2.45) is 0 Å². The van der Waals surface area contributed by atoms with E-state index in [-0.39, 0.29) is 5.82 Å². The summed E-state index contributed by atoms with van der Waals surface area (Å²) in [5, 5.41) is 0. The first-order valence-corrected chi connectivity index (χ1v) is 5.99. The molecule has 1 atom stereocenters. The van der Waals surface area contributed by atoms with Crippen molar-refractivity contribution in [3.05, 3.63) is 29.6 Å². The fourth-order valence-electron chi connectivity index (χ4n) is 2.34. The van der Waals surface area contributed by atoms with E-state index < -0.39 is 0 Å². The van der Waals surface area contributed by atoms with E-state index in [2.05, 4.69) is 23.9 Å². The average molecular weight is 237 g/mol. The van der Waals surface area contributed by atoms with Crippen molar-refractivity contribution >= 4 is 5.69 Å².